The molecule has 0 unspecified atom stereocenters. The van der Waals surface area contributed by atoms with Crippen LogP contribution in [0.1, 0.15) is 0 Å². The fraction of sp³-hybridized carbons (Fsp3) is 0. The minimum Gasteiger partial charge on any atom is -0.457 e. The van der Waals surface area contributed by atoms with Crippen LogP contribution in [0.5, 0.6) is 11.5 Å². The Kier molecular flexibility index (Phi) is 3.47. The number of ether oxygens (including phenoxy) is 1. The SMILES string of the molecule is Fc1ccc(Oc2ccnc3cc(Cl)c(Cl)cc23)cc1. The molecule has 0 radical (unpaired) electrons. The number of aromatic nitrogens is 1. The first-order valence-electron chi connectivity index (χ1n) is 5.81. The summed E-state index contributed by atoms with van der Waals surface area (Å²) in [5.41, 5.74) is 0.680. The number of rotatable bonds is 2. The number of hydrogen-bond donors (Lipinski definition) is 0. The molecule has 0 N–H and O–H groups in total. The second-order valence-electron chi connectivity index (χ2n) is 4.15. The molecule has 0 spiro atoms. The fourth-order valence-electron chi connectivity index (χ4n) is 1.83. The lowest BCUT2D eigenvalue weighted by Crippen LogP contribution is -1.88. The maximum absolute atomic E-state index is 12.9. The molecule has 0 atom stereocenters. The van der Waals surface area contributed by atoms with E-state index in [9.17, 15) is 4.39 Å². The maximum Gasteiger partial charge on any atom is 0.138 e. The molecule has 0 aliphatic carbocycles. The zero-order chi connectivity index (χ0) is 14.1. The van der Waals surface area contributed by atoms with Crippen molar-refractivity contribution < 1.29 is 9.13 Å². The summed E-state index contributed by atoms with van der Waals surface area (Å²) in [5, 5.41) is 1.60. The highest BCUT2D eigenvalue weighted by Crippen LogP contribution is 2.34. The van der Waals surface area contributed by atoms with Crippen molar-refractivity contribution in [1.29, 1.82) is 0 Å². The average Bonchev–Trinajstić information content (AvgIpc) is 2.43. The monoisotopic (exact) mass is 307 g/mol. The zero-order valence-electron chi connectivity index (χ0n) is 10.1. The summed E-state index contributed by atoms with van der Waals surface area (Å²) in [5.74, 6) is 0.803. The van der Waals surface area contributed by atoms with Gasteiger partial charge in [0.25, 0.3) is 0 Å². The van der Waals surface area contributed by atoms with Gasteiger partial charge in [-0.3, -0.25) is 4.98 Å². The van der Waals surface area contributed by atoms with E-state index in [4.69, 9.17) is 27.9 Å². The first kappa shape index (κ1) is 13.2. The fourth-order valence-corrected chi connectivity index (χ4v) is 2.16. The van der Waals surface area contributed by atoms with Gasteiger partial charge in [0.1, 0.15) is 17.3 Å². The Bertz CT molecular complexity index is 775. The van der Waals surface area contributed by atoms with Crippen molar-refractivity contribution in [3.05, 3.63) is 64.5 Å². The van der Waals surface area contributed by atoms with Gasteiger partial charge in [-0.1, -0.05) is 23.2 Å². The topological polar surface area (TPSA) is 22.1 Å². The minimum atomic E-state index is -0.313. The number of hydrogen-bond acceptors (Lipinski definition) is 2. The Hall–Kier alpha value is -1.84. The van der Waals surface area contributed by atoms with Gasteiger partial charge in [-0.25, -0.2) is 4.39 Å². The van der Waals surface area contributed by atoms with E-state index in [1.165, 1.54) is 12.1 Å². The Morgan fingerprint density at radius 3 is 2.40 bits per heavy atom. The number of pyridine rings is 1. The van der Waals surface area contributed by atoms with E-state index < -0.39 is 0 Å². The molecule has 2 nitrogen and oxygen atoms in total. The molecule has 1 heterocycles. The van der Waals surface area contributed by atoms with Crippen molar-refractivity contribution in [2.75, 3.05) is 0 Å². The van der Waals surface area contributed by atoms with Crippen LogP contribution in [0.3, 0.4) is 0 Å². The third-order valence-corrected chi connectivity index (χ3v) is 3.51. The molecule has 0 saturated heterocycles. The Morgan fingerprint density at radius 1 is 0.950 bits per heavy atom. The van der Waals surface area contributed by atoms with Crippen molar-refractivity contribution in [3.8, 4) is 11.5 Å². The molecule has 0 amide bonds. The van der Waals surface area contributed by atoms with Crippen molar-refractivity contribution in [2.24, 2.45) is 0 Å². The van der Waals surface area contributed by atoms with Crippen LogP contribution in [0.4, 0.5) is 4.39 Å². The number of benzene rings is 2. The Balaban J connectivity index is 2.07. The van der Waals surface area contributed by atoms with E-state index in [1.54, 1.807) is 36.5 Å². The summed E-state index contributed by atoms with van der Waals surface area (Å²) in [4.78, 5) is 4.22. The van der Waals surface area contributed by atoms with Gasteiger partial charge >= 0.3 is 0 Å². The first-order valence-corrected chi connectivity index (χ1v) is 6.56. The molecular weight excluding hydrogens is 300 g/mol. The third kappa shape index (κ3) is 2.55. The average molecular weight is 308 g/mol. The van der Waals surface area contributed by atoms with Gasteiger partial charge in [0, 0.05) is 11.6 Å². The van der Waals surface area contributed by atoms with Crippen LogP contribution in [0, 0.1) is 5.82 Å². The first-order chi connectivity index (χ1) is 9.63. The van der Waals surface area contributed by atoms with Crippen LogP contribution < -0.4 is 4.74 Å². The Labute approximate surface area is 124 Å². The quantitative estimate of drug-likeness (QED) is 0.626. The van der Waals surface area contributed by atoms with Crippen LogP contribution in [-0.4, -0.2) is 4.98 Å². The number of nitrogens with zero attached hydrogens (tertiary/aromatic N) is 1. The van der Waals surface area contributed by atoms with Crippen LogP contribution in [0.25, 0.3) is 10.9 Å². The highest BCUT2D eigenvalue weighted by Gasteiger charge is 2.08. The summed E-state index contributed by atoms with van der Waals surface area (Å²) in [6.45, 7) is 0. The van der Waals surface area contributed by atoms with Gasteiger partial charge in [-0.15, -0.1) is 0 Å². The smallest absolute Gasteiger partial charge is 0.138 e. The zero-order valence-corrected chi connectivity index (χ0v) is 11.6. The lowest BCUT2D eigenvalue weighted by molar-refractivity contribution is 0.485. The lowest BCUT2D eigenvalue weighted by atomic mass is 10.2. The molecule has 0 fully saturated rings. The van der Waals surface area contributed by atoms with Gasteiger partial charge in [0.2, 0.25) is 0 Å². The van der Waals surface area contributed by atoms with E-state index in [0.29, 0.717) is 27.1 Å². The second kappa shape index (κ2) is 5.27. The van der Waals surface area contributed by atoms with E-state index >= 15 is 0 Å². The van der Waals surface area contributed by atoms with Crippen LogP contribution in [-0.2, 0) is 0 Å². The van der Waals surface area contributed by atoms with Crippen molar-refractivity contribution >= 4 is 34.1 Å². The Morgan fingerprint density at radius 2 is 1.65 bits per heavy atom. The molecule has 0 aliphatic rings. The summed E-state index contributed by atoms with van der Waals surface area (Å²) in [6, 6.07) is 10.9. The van der Waals surface area contributed by atoms with Gasteiger partial charge in [-0.05, 0) is 42.5 Å². The highest BCUT2D eigenvalue weighted by atomic mass is 35.5. The third-order valence-electron chi connectivity index (χ3n) is 2.79. The van der Waals surface area contributed by atoms with E-state index in [1.807, 2.05) is 0 Å². The molecule has 3 aromatic rings. The van der Waals surface area contributed by atoms with Crippen LogP contribution in [0.15, 0.2) is 48.7 Å². The van der Waals surface area contributed by atoms with Crippen molar-refractivity contribution in [1.82, 2.24) is 4.98 Å². The van der Waals surface area contributed by atoms with Crippen molar-refractivity contribution in [2.45, 2.75) is 0 Å². The van der Waals surface area contributed by atoms with Gasteiger partial charge < -0.3 is 4.74 Å². The molecule has 20 heavy (non-hydrogen) atoms. The minimum absolute atomic E-state index is 0.313. The van der Waals surface area contributed by atoms with E-state index in [2.05, 4.69) is 4.98 Å². The van der Waals surface area contributed by atoms with E-state index in [0.717, 1.165) is 5.39 Å². The standard InChI is InChI=1S/C15H8Cl2FNO/c16-12-7-11-14(8-13(12)17)19-6-5-15(11)20-10-3-1-9(18)2-4-10/h1-8H. The lowest BCUT2D eigenvalue weighted by Gasteiger charge is -2.09. The van der Waals surface area contributed by atoms with Gasteiger partial charge in [0.05, 0.1) is 15.6 Å². The van der Waals surface area contributed by atoms with Crippen molar-refractivity contribution in [3.63, 3.8) is 0 Å². The molecule has 1 aromatic heterocycles. The summed E-state index contributed by atoms with van der Waals surface area (Å²) in [7, 11) is 0. The largest absolute Gasteiger partial charge is 0.457 e. The maximum atomic E-state index is 12.9. The summed E-state index contributed by atoms with van der Waals surface area (Å²) >= 11 is 12.0. The predicted octanol–water partition coefficient (Wildman–Crippen LogP) is 5.47. The second-order valence-corrected chi connectivity index (χ2v) is 4.96. The number of fused-ring (bicyclic) bond motifs is 1. The van der Waals surface area contributed by atoms with Gasteiger partial charge in [0.15, 0.2) is 0 Å². The predicted molar refractivity (Wildman–Crippen MR) is 78.2 cm³/mol. The molecule has 0 aliphatic heterocycles. The molecule has 5 heteroatoms. The molecular formula is C15H8Cl2FNO. The summed E-state index contributed by atoms with van der Waals surface area (Å²) in [6.07, 6.45) is 1.62. The number of halogens is 3. The van der Waals surface area contributed by atoms with Gasteiger partial charge in [-0.2, -0.15) is 0 Å². The van der Waals surface area contributed by atoms with E-state index in [-0.39, 0.29) is 5.82 Å². The normalized spacial score (nSPS) is 10.8. The molecule has 3 rings (SSSR count). The molecule has 2 aromatic carbocycles. The van der Waals surface area contributed by atoms with Crippen LogP contribution in [0.2, 0.25) is 10.0 Å². The molecule has 0 bridgehead atoms. The highest BCUT2D eigenvalue weighted by molar-refractivity contribution is 6.42. The molecule has 100 valence electrons. The van der Waals surface area contributed by atoms with Crippen LogP contribution >= 0.6 is 23.2 Å². The molecule has 0 saturated carbocycles. The summed E-state index contributed by atoms with van der Waals surface area (Å²) < 4.78 is 18.6.